The largest absolute Gasteiger partial charge is 0.508 e. The van der Waals surface area contributed by atoms with Gasteiger partial charge in [0.1, 0.15) is 5.75 Å². The van der Waals surface area contributed by atoms with Gasteiger partial charge in [0, 0.05) is 12.2 Å². The minimum Gasteiger partial charge on any atom is -0.508 e. The monoisotopic (exact) mass is 237 g/mol. The van der Waals surface area contributed by atoms with E-state index in [1.165, 1.54) is 0 Å². The molecule has 0 amide bonds. The molecule has 84 valence electrons. The fraction of sp³-hybridized carbons (Fsp3) is 0.182. The SMILES string of the molecule is NC(Cn1cc(Cl)cn1)c1ccc(O)cc1. The van der Waals surface area contributed by atoms with Crippen LogP contribution in [0.5, 0.6) is 5.75 Å². The maximum absolute atomic E-state index is 9.16. The molecule has 0 fully saturated rings. The molecule has 1 heterocycles. The topological polar surface area (TPSA) is 64.1 Å². The Morgan fingerprint density at radius 3 is 2.62 bits per heavy atom. The van der Waals surface area contributed by atoms with Gasteiger partial charge in [0.25, 0.3) is 0 Å². The molecule has 1 aromatic heterocycles. The first-order valence-electron chi connectivity index (χ1n) is 4.87. The van der Waals surface area contributed by atoms with Crippen molar-refractivity contribution < 1.29 is 5.11 Å². The number of halogens is 1. The Kier molecular flexibility index (Phi) is 3.12. The van der Waals surface area contributed by atoms with E-state index in [1.807, 2.05) is 0 Å². The van der Waals surface area contributed by atoms with E-state index in [4.69, 9.17) is 22.4 Å². The molecule has 0 aliphatic carbocycles. The first-order chi connectivity index (χ1) is 7.65. The second kappa shape index (κ2) is 4.55. The average molecular weight is 238 g/mol. The standard InChI is InChI=1S/C11H12ClN3O/c12-9-5-14-15(6-9)7-11(13)8-1-3-10(16)4-2-8/h1-6,11,16H,7,13H2. The summed E-state index contributed by atoms with van der Waals surface area (Å²) in [7, 11) is 0. The van der Waals surface area contributed by atoms with Gasteiger partial charge in [-0.3, -0.25) is 4.68 Å². The Hall–Kier alpha value is -1.52. The van der Waals surface area contributed by atoms with Crippen molar-refractivity contribution in [2.45, 2.75) is 12.6 Å². The summed E-state index contributed by atoms with van der Waals surface area (Å²) in [5.74, 6) is 0.234. The van der Waals surface area contributed by atoms with Gasteiger partial charge < -0.3 is 10.8 Å². The third-order valence-electron chi connectivity index (χ3n) is 2.31. The van der Waals surface area contributed by atoms with Crippen LogP contribution in [-0.4, -0.2) is 14.9 Å². The molecule has 0 spiro atoms. The summed E-state index contributed by atoms with van der Waals surface area (Å²) in [6.45, 7) is 0.553. The number of aromatic nitrogens is 2. The van der Waals surface area contributed by atoms with Crippen LogP contribution >= 0.6 is 11.6 Å². The maximum atomic E-state index is 9.16. The van der Waals surface area contributed by atoms with E-state index >= 15 is 0 Å². The third-order valence-corrected chi connectivity index (χ3v) is 2.50. The number of aromatic hydroxyl groups is 1. The molecule has 0 aliphatic heterocycles. The number of nitrogens with two attached hydrogens (primary N) is 1. The first-order valence-corrected chi connectivity index (χ1v) is 5.25. The second-order valence-electron chi connectivity index (χ2n) is 3.58. The molecular formula is C11H12ClN3O. The summed E-state index contributed by atoms with van der Waals surface area (Å²) in [5.41, 5.74) is 6.95. The molecule has 0 radical (unpaired) electrons. The van der Waals surface area contributed by atoms with Gasteiger partial charge in [0.05, 0.1) is 17.8 Å². The zero-order valence-electron chi connectivity index (χ0n) is 8.55. The number of phenolic OH excluding ortho intramolecular Hbond substituents is 1. The predicted molar refractivity (Wildman–Crippen MR) is 62.3 cm³/mol. The highest BCUT2D eigenvalue weighted by molar-refractivity contribution is 6.30. The van der Waals surface area contributed by atoms with Crippen molar-refractivity contribution >= 4 is 11.6 Å². The number of phenols is 1. The summed E-state index contributed by atoms with van der Waals surface area (Å²) < 4.78 is 1.69. The third kappa shape index (κ3) is 2.53. The van der Waals surface area contributed by atoms with Crippen molar-refractivity contribution in [3.05, 3.63) is 47.2 Å². The molecule has 3 N–H and O–H groups in total. The lowest BCUT2D eigenvalue weighted by atomic mass is 10.1. The summed E-state index contributed by atoms with van der Waals surface area (Å²) >= 11 is 5.75. The van der Waals surface area contributed by atoms with Crippen LogP contribution in [0.1, 0.15) is 11.6 Å². The van der Waals surface area contributed by atoms with Gasteiger partial charge in [-0.2, -0.15) is 5.10 Å². The van der Waals surface area contributed by atoms with Crippen LogP contribution in [0.3, 0.4) is 0 Å². The fourth-order valence-electron chi connectivity index (χ4n) is 1.47. The molecule has 16 heavy (non-hydrogen) atoms. The van der Waals surface area contributed by atoms with E-state index in [0.717, 1.165) is 5.56 Å². The van der Waals surface area contributed by atoms with Crippen LogP contribution in [0, 0.1) is 0 Å². The van der Waals surface area contributed by atoms with Crippen LogP contribution in [0.2, 0.25) is 5.02 Å². The minimum absolute atomic E-state index is 0.170. The molecule has 5 heteroatoms. The first kappa shape index (κ1) is 11.0. The molecular weight excluding hydrogens is 226 g/mol. The highest BCUT2D eigenvalue weighted by Crippen LogP contribution is 2.17. The van der Waals surface area contributed by atoms with E-state index in [2.05, 4.69) is 5.10 Å². The summed E-state index contributed by atoms with van der Waals surface area (Å²) in [6, 6.07) is 6.66. The van der Waals surface area contributed by atoms with E-state index in [9.17, 15) is 0 Å². The Morgan fingerprint density at radius 2 is 2.06 bits per heavy atom. The Balaban J connectivity index is 2.08. The number of nitrogens with zero attached hydrogens (tertiary/aromatic N) is 2. The number of benzene rings is 1. The van der Waals surface area contributed by atoms with Crippen molar-refractivity contribution in [3.8, 4) is 5.75 Å². The molecule has 2 aromatic rings. The molecule has 1 atom stereocenters. The van der Waals surface area contributed by atoms with Crippen molar-refractivity contribution in [1.82, 2.24) is 9.78 Å². The number of hydrogen-bond acceptors (Lipinski definition) is 3. The van der Waals surface area contributed by atoms with Crippen LogP contribution in [0.25, 0.3) is 0 Å². The summed E-state index contributed by atoms with van der Waals surface area (Å²) in [4.78, 5) is 0. The predicted octanol–water partition coefficient (Wildman–Crippen LogP) is 1.94. The zero-order chi connectivity index (χ0) is 11.5. The molecule has 1 unspecified atom stereocenters. The number of hydrogen-bond donors (Lipinski definition) is 2. The van der Waals surface area contributed by atoms with Crippen molar-refractivity contribution in [2.24, 2.45) is 5.73 Å². The zero-order valence-corrected chi connectivity index (χ0v) is 9.30. The number of rotatable bonds is 3. The fourth-order valence-corrected chi connectivity index (χ4v) is 1.62. The van der Waals surface area contributed by atoms with Gasteiger partial charge in [-0.25, -0.2) is 0 Å². The van der Waals surface area contributed by atoms with Crippen LogP contribution < -0.4 is 5.73 Å². The molecule has 0 aliphatic rings. The maximum Gasteiger partial charge on any atom is 0.115 e. The normalized spacial score (nSPS) is 12.6. The highest BCUT2D eigenvalue weighted by Gasteiger charge is 2.07. The Labute approximate surface area is 98.3 Å². The van der Waals surface area contributed by atoms with Gasteiger partial charge in [-0.1, -0.05) is 23.7 Å². The molecule has 1 aromatic carbocycles. The van der Waals surface area contributed by atoms with Gasteiger partial charge >= 0.3 is 0 Å². The minimum atomic E-state index is -0.170. The van der Waals surface area contributed by atoms with E-state index in [1.54, 1.807) is 41.3 Å². The smallest absolute Gasteiger partial charge is 0.115 e. The van der Waals surface area contributed by atoms with Crippen molar-refractivity contribution in [2.75, 3.05) is 0 Å². The lowest BCUT2D eigenvalue weighted by molar-refractivity contribution is 0.474. The molecule has 2 rings (SSSR count). The van der Waals surface area contributed by atoms with Gasteiger partial charge in [-0.15, -0.1) is 0 Å². The second-order valence-corrected chi connectivity index (χ2v) is 4.02. The summed E-state index contributed by atoms with van der Waals surface area (Å²) in [5, 5.41) is 13.8. The van der Waals surface area contributed by atoms with Crippen LogP contribution in [0.4, 0.5) is 0 Å². The van der Waals surface area contributed by atoms with Gasteiger partial charge in [0.2, 0.25) is 0 Å². The average Bonchev–Trinajstić information content (AvgIpc) is 2.65. The van der Waals surface area contributed by atoms with Gasteiger partial charge in [-0.05, 0) is 17.7 Å². The molecule has 0 bridgehead atoms. The van der Waals surface area contributed by atoms with E-state index in [0.29, 0.717) is 11.6 Å². The van der Waals surface area contributed by atoms with Crippen molar-refractivity contribution in [1.29, 1.82) is 0 Å². The molecule has 0 saturated carbocycles. The van der Waals surface area contributed by atoms with Crippen LogP contribution in [-0.2, 0) is 6.54 Å². The Morgan fingerprint density at radius 1 is 1.38 bits per heavy atom. The van der Waals surface area contributed by atoms with Crippen molar-refractivity contribution in [3.63, 3.8) is 0 Å². The van der Waals surface area contributed by atoms with Gasteiger partial charge in [0.15, 0.2) is 0 Å². The quantitative estimate of drug-likeness (QED) is 0.858. The van der Waals surface area contributed by atoms with E-state index < -0.39 is 0 Å². The lowest BCUT2D eigenvalue weighted by Crippen LogP contribution is -2.17. The van der Waals surface area contributed by atoms with Crippen LogP contribution in [0.15, 0.2) is 36.7 Å². The Bertz CT molecular complexity index is 466. The highest BCUT2D eigenvalue weighted by atomic mass is 35.5. The molecule has 4 nitrogen and oxygen atoms in total. The lowest BCUT2D eigenvalue weighted by Gasteiger charge is -2.11. The van der Waals surface area contributed by atoms with E-state index in [-0.39, 0.29) is 11.8 Å². The summed E-state index contributed by atoms with van der Waals surface area (Å²) in [6.07, 6.45) is 3.30. The molecule has 0 saturated heterocycles.